The van der Waals surface area contributed by atoms with Crippen LogP contribution in [0.1, 0.15) is 24.6 Å². The van der Waals surface area contributed by atoms with Crippen LogP contribution in [-0.2, 0) is 11.2 Å². The molecule has 0 bridgehead atoms. The minimum absolute atomic E-state index is 0.0142. The zero-order chi connectivity index (χ0) is 23.4. The van der Waals surface area contributed by atoms with E-state index in [4.69, 9.17) is 0 Å². The van der Waals surface area contributed by atoms with Crippen LogP contribution in [0.4, 0.5) is 4.39 Å². The van der Waals surface area contributed by atoms with Gasteiger partial charge < -0.3 is 10.3 Å². The molecule has 0 saturated carbocycles. The van der Waals surface area contributed by atoms with Gasteiger partial charge in [0.1, 0.15) is 11.3 Å². The van der Waals surface area contributed by atoms with Gasteiger partial charge in [0, 0.05) is 11.7 Å². The molecule has 2 aromatic heterocycles. The summed E-state index contributed by atoms with van der Waals surface area (Å²) in [6.07, 6.45) is 1.71. The highest BCUT2D eigenvalue weighted by Gasteiger charge is 2.17. The first-order chi connectivity index (χ1) is 15.9. The number of benzene rings is 2. The Hall–Kier alpha value is -3.39. The second-order valence-electron chi connectivity index (χ2n) is 8.01. The first kappa shape index (κ1) is 22.8. The summed E-state index contributed by atoms with van der Waals surface area (Å²) in [6, 6.07) is 17.6. The summed E-state index contributed by atoms with van der Waals surface area (Å²) < 4.78 is 14.9. The summed E-state index contributed by atoms with van der Waals surface area (Å²) in [5.41, 5.74) is 3.15. The maximum atomic E-state index is 13.4. The minimum atomic E-state index is -0.394. The summed E-state index contributed by atoms with van der Waals surface area (Å²) in [7, 11) is 0. The van der Waals surface area contributed by atoms with Crippen LogP contribution in [0.3, 0.4) is 0 Å². The number of aromatic nitrogens is 3. The van der Waals surface area contributed by atoms with E-state index >= 15 is 0 Å². The lowest BCUT2D eigenvalue weighted by Gasteiger charge is -2.15. The SMILES string of the molecule is Cc1cc2nc(SCC(=O)NC(C)CCc3ccccc3)n(-c3ccc(F)cc3)c(=O)c2[nH]1. The number of halogens is 1. The van der Waals surface area contributed by atoms with Crippen LogP contribution in [0.15, 0.2) is 70.6 Å². The molecule has 6 nitrogen and oxygen atoms in total. The molecular weight excluding hydrogens is 439 g/mol. The fourth-order valence-electron chi connectivity index (χ4n) is 3.64. The summed E-state index contributed by atoms with van der Waals surface area (Å²) >= 11 is 1.18. The van der Waals surface area contributed by atoms with Gasteiger partial charge in [0.15, 0.2) is 5.16 Å². The Morgan fingerprint density at radius 1 is 1.18 bits per heavy atom. The number of hydrogen-bond acceptors (Lipinski definition) is 4. The number of amides is 1. The molecule has 0 fully saturated rings. The first-order valence-corrected chi connectivity index (χ1v) is 11.7. The van der Waals surface area contributed by atoms with Gasteiger partial charge in [0.25, 0.3) is 5.56 Å². The van der Waals surface area contributed by atoms with Crippen molar-refractivity contribution in [3.05, 3.63) is 88.1 Å². The number of rotatable bonds is 8. The van der Waals surface area contributed by atoms with Crippen molar-refractivity contribution in [1.82, 2.24) is 19.9 Å². The van der Waals surface area contributed by atoms with Crippen LogP contribution in [-0.4, -0.2) is 32.2 Å². The second kappa shape index (κ2) is 10.0. The molecule has 0 radical (unpaired) electrons. The van der Waals surface area contributed by atoms with Crippen molar-refractivity contribution in [2.75, 3.05) is 5.75 Å². The Bertz CT molecular complexity index is 1320. The van der Waals surface area contributed by atoms with E-state index in [0.717, 1.165) is 18.5 Å². The van der Waals surface area contributed by atoms with Crippen LogP contribution in [0, 0.1) is 12.7 Å². The maximum Gasteiger partial charge on any atom is 0.283 e. The van der Waals surface area contributed by atoms with Gasteiger partial charge in [-0.25, -0.2) is 9.37 Å². The van der Waals surface area contributed by atoms with Crippen molar-refractivity contribution in [3.63, 3.8) is 0 Å². The fraction of sp³-hybridized carbons (Fsp3) is 0.240. The van der Waals surface area contributed by atoms with E-state index in [1.165, 1.54) is 46.2 Å². The van der Waals surface area contributed by atoms with Crippen molar-refractivity contribution >= 4 is 28.7 Å². The van der Waals surface area contributed by atoms with E-state index in [9.17, 15) is 14.0 Å². The van der Waals surface area contributed by atoms with Gasteiger partial charge in [-0.1, -0.05) is 42.1 Å². The first-order valence-electron chi connectivity index (χ1n) is 10.7. The zero-order valence-electron chi connectivity index (χ0n) is 18.5. The number of carbonyl (C=O) groups is 1. The highest BCUT2D eigenvalue weighted by molar-refractivity contribution is 7.99. The van der Waals surface area contributed by atoms with Crippen LogP contribution >= 0.6 is 11.8 Å². The summed E-state index contributed by atoms with van der Waals surface area (Å²) in [5, 5.41) is 3.39. The molecule has 1 unspecified atom stereocenters. The number of H-pyrrole nitrogens is 1. The molecule has 1 amide bonds. The van der Waals surface area contributed by atoms with Crippen molar-refractivity contribution in [3.8, 4) is 5.69 Å². The number of aromatic amines is 1. The van der Waals surface area contributed by atoms with E-state index in [1.807, 2.05) is 32.0 Å². The summed E-state index contributed by atoms with van der Waals surface area (Å²) in [5.74, 6) is -0.418. The summed E-state index contributed by atoms with van der Waals surface area (Å²) in [6.45, 7) is 3.83. The van der Waals surface area contributed by atoms with Crippen LogP contribution in [0.25, 0.3) is 16.7 Å². The number of aryl methyl sites for hydroxylation is 2. The molecule has 0 aliphatic rings. The minimum Gasteiger partial charge on any atom is -0.353 e. The Morgan fingerprint density at radius 2 is 1.91 bits per heavy atom. The number of carbonyl (C=O) groups excluding carboxylic acids is 1. The maximum absolute atomic E-state index is 13.4. The predicted molar refractivity (Wildman–Crippen MR) is 129 cm³/mol. The Labute approximate surface area is 195 Å². The number of hydrogen-bond donors (Lipinski definition) is 2. The molecule has 2 aromatic carbocycles. The van der Waals surface area contributed by atoms with E-state index in [-0.39, 0.29) is 23.3 Å². The second-order valence-corrected chi connectivity index (χ2v) is 8.95. The van der Waals surface area contributed by atoms with Crippen molar-refractivity contribution in [1.29, 1.82) is 0 Å². The lowest BCUT2D eigenvalue weighted by atomic mass is 10.1. The van der Waals surface area contributed by atoms with Gasteiger partial charge >= 0.3 is 0 Å². The van der Waals surface area contributed by atoms with Crippen LogP contribution in [0.5, 0.6) is 0 Å². The smallest absolute Gasteiger partial charge is 0.283 e. The van der Waals surface area contributed by atoms with E-state index in [0.29, 0.717) is 21.9 Å². The van der Waals surface area contributed by atoms with Gasteiger partial charge in [-0.15, -0.1) is 0 Å². The third kappa shape index (κ3) is 5.51. The number of nitrogens with one attached hydrogen (secondary N) is 2. The lowest BCUT2D eigenvalue weighted by Crippen LogP contribution is -2.34. The van der Waals surface area contributed by atoms with Gasteiger partial charge in [-0.05, 0) is 62.6 Å². The molecule has 8 heteroatoms. The van der Waals surface area contributed by atoms with Gasteiger partial charge in [-0.2, -0.15) is 0 Å². The predicted octanol–water partition coefficient (Wildman–Crippen LogP) is 4.39. The van der Waals surface area contributed by atoms with E-state index in [2.05, 4.69) is 27.4 Å². The average molecular weight is 465 g/mol. The van der Waals surface area contributed by atoms with Gasteiger partial charge in [0.05, 0.1) is 17.0 Å². The topological polar surface area (TPSA) is 79.8 Å². The largest absolute Gasteiger partial charge is 0.353 e. The number of thioether (sulfide) groups is 1. The monoisotopic (exact) mass is 464 g/mol. The standard InChI is InChI=1S/C25H25FN4O2S/c1-16(8-9-18-6-4-3-5-7-18)27-22(31)15-33-25-29-21-14-17(2)28-23(21)24(32)30(25)20-12-10-19(26)11-13-20/h3-7,10-14,16,28H,8-9,15H2,1-2H3,(H,27,31). The Morgan fingerprint density at radius 3 is 2.64 bits per heavy atom. The fourth-order valence-corrected chi connectivity index (χ4v) is 4.46. The Kier molecular flexibility index (Phi) is 6.93. The normalized spacial score (nSPS) is 12.1. The highest BCUT2D eigenvalue weighted by Crippen LogP contribution is 2.22. The third-order valence-electron chi connectivity index (χ3n) is 5.29. The summed E-state index contributed by atoms with van der Waals surface area (Å²) in [4.78, 5) is 33.4. The van der Waals surface area contributed by atoms with E-state index < -0.39 is 5.82 Å². The Balaban J connectivity index is 1.49. The third-order valence-corrected chi connectivity index (χ3v) is 6.23. The van der Waals surface area contributed by atoms with E-state index in [1.54, 1.807) is 6.07 Å². The average Bonchev–Trinajstić information content (AvgIpc) is 3.18. The molecule has 1 atom stereocenters. The lowest BCUT2D eigenvalue weighted by molar-refractivity contribution is -0.119. The molecule has 4 aromatic rings. The molecular formula is C25H25FN4O2S. The molecule has 0 aliphatic heterocycles. The molecule has 170 valence electrons. The van der Waals surface area contributed by atoms with Crippen molar-refractivity contribution in [2.24, 2.45) is 0 Å². The molecule has 0 aliphatic carbocycles. The molecule has 0 spiro atoms. The molecule has 4 rings (SSSR count). The van der Waals surface area contributed by atoms with Crippen molar-refractivity contribution in [2.45, 2.75) is 37.9 Å². The van der Waals surface area contributed by atoms with Crippen LogP contribution < -0.4 is 10.9 Å². The molecule has 2 N–H and O–H groups in total. The van der Waals surface area contributed by atoms with Crippen LogP contribution in [0.2, 0.25) is 0 Å². The highest BCUT2D eigenvalue weighted by atomic mass is 32.2. The van der Waals surface area contributed by atoms with Gasteiger partial charge in [-0.3, -0.25) is 14.2 Å². The molecule has 0 saturated heterocycles. The van der Waals surface area contributed by atoms with Gasteiger partial charge in [0.2, 0.25) is 5.91 Å². The molecule has 33 heavy (non-hydrogen) atoms. The molecule has 2 heterocycles. The quantitative estimate of drug-likeness (QED) is 0.299. The van der Waals surface area contributed by atoms with Crippen molar-refractivity contribution < 1.29 is 9.18 Å². The number of fused-ring (bicyclic) bond motifs is 1. The zero-order valence-corrected chi connectivity index (χ0v) is 19.3. The number of nitrogens with zero attached hydrogens (tertiary/aromatic N) is 2.